The van der Waals surface area contributed by atoms with Gasteiger partial charge in [0, 0.05) is 5.57 Å². The highest BCUT2D eigenvalue weighted by atomic mass is 35.5. The molecule has 1 saturated heterocycles. The molecule has 0 saturated carbocycles. The van der Waals surface area contributed by atoms with Crippen molar-refractivity contribution in [2.24, 2.45) is 0 Å². The molecule has 1 aliphatic rings. The lowest BCUT2D eigenvalue weighted by atomic mass is 10.0. The summed E-state index contributed by atoms with van der Waals surface area (Å²) in [5.74, 6) is -0.888. The van der Waals surface area contributed by atoms with E-state index in [1.807, 2.05) is 6.07 Å². The average molecular weight is 289 g/mol. The van der Waals surface area contributed by atoms with Gasteiger partial charge in [0.25, 0.3) is 0 Å². The zero-order valence-corrected chi connectivity index (χ0v) is 11.5. The normalized spacial score (nSPS) is 19.2. The summed E-state index contributed by atoms with van der Waals surface area (Å²) < 4.78 is 11.0. The van der Waals surface area contributed by atoms with E-state index in [4.69, 9.17) is 32.7 Å². The number of rotatable bonds is 3. The third kappa shape index (κ3) is 2.71. The Kier molecular flexibility index (Phi) is 4.30. The Labute approximate surface area is 116 Å². The summed E-state index contributed by atoms with van der Waals surface area (Å²) in [5.41, 5.74) is 1.35. The van der Waals surface area contributed by atoms with E-state index in [1.165, 1.54) is 0 Å². The number of hydrogen-bond donors (Lipinski definition) is 1. The van der Waals surface area contributed by atoms with Crippen molar-refractivity contribution in [1.82, 2.24) is 0 Å². The predicted molar refractivity (Wildman–Crippen MR) is 71.8 cm³/mol. The van der Waals surface area contributed by atoms with Crippen molar-refractivity contribution < 1.29 is 14.6 Å². The van der Waals surface area contributed by atoms with E-state index < -0.39 is 5.79 Å². The number of ether oxygens (including phenoxy) is 2. The fourth-order valence-electron chi connectivity index (χ4n) is 1.84. The molecule has 0 atom stereocenters. The van der Waals surface area contributed by atoms with Gasteiger partial charge >= 0.3 is 0 Å². The van der Waals surface area contributed by atoms with Crippen molar-refractivity contribution in [1.29, 1.82) is 0 Å². The van der Waals surface area contributed by atoms with Crippen LogP contribution in [0.4, 0.5) is 0 Å². The zero-order chi connectivity index (χ0) is 13.2. The highest BCUT2D eigenvalue weighted by Crippen LogP contribution is 2.32. The van der Waals surface area contributed by atoms with Gasteiger partial charge in [0.2, 0.25) is 0 Å². The maximum absolute atomic E-state index is 9.47. The van der Waals surface area contributed by atoms with Gasteiger partial charge in [0.05, 0.1) is 29.9 Å². The largest absolute Gasteiger partial charge is 0.392 e. The maximum atomic E-state index is 9.47. The van der Waals surface area contributed by atoms with Gasteiger partial charge in [-0.15, -0.1) is 0 Å². The van der Waals surface area contributed by atoms with Crippen LogP contribution in [0.5, 0.6) is 0 Å². The molecule has 5 heteroatoms. The lowest BCUT2D eigenvalue weighted by molar-refractivity contribution is -0.113. The molecule has 1 N–H and O–H groups in total. The summed E-state index contributed by atoms with van der Waals surface area (Å²) in [5, 5.41) is 10.4. The molecule has 18 heavy (non-hydrogen) atoms. The van der Waals surface area contributed by atoms with E-state index in [0.29, 0.717) is 28.8 Å². The molecule has 1 heterocycles. The topological polar surface area (TPSA) is 38.7 Å². The first-order chi connectivity index (χ1) is 8.57. The highest BCUT2D eigenvalue weighted by molar-refractivity contribution is 6.42. The van der Waals surface area contributed by atoms with Gasteiger partial charge < -0.3 is 14.6 Å². The van der Waals surface area contributed by atoms with Crippen LogP contribution in [0.25, 0.3) is 6.08 Å². The van der Waals surface area contributed by atoms with Gasteiger partial charge in [0.1, 0.15) is 0 Å². The molecular weight excluding hydrogens is 275 g/mol. The van der Waals surface area contributed by atoms with E-state index in [-0.39, 0.29) is 6.61 Å². The Morgan fingerprint density at radius 2 is 2.06 bits per heavy atom. The Bertz CT molecular complexity index is 465. The SMILES string of the molecule is CC1(/C(=C/c2cccc(Cl)c2Cl)CO)OCCO1. The predicted octanol–water partition coefficient (Wildman–Crippen LogP) is 3.13. The van der Waals surface area contributed by atoms with Crippen molar-refractivity contribution in [2.75, 3.05) is 19.8 Å². The van der Waals surface area contributed by atoms with Crippen LogP contribution in [0, 0.1) is 0 Å². The van der Waals surface area contributed by atoms with Crippen LogP contribution in [0.2, 0.25) is 10.0 Å². The number of hydrogen-bond acceptors (Lipinski definition) is 3. The van der Waals surface area contributed by atoms with Crippen molar-refractivity contribution in [2.45, 2.75) is 12.7 Å². The molecule has 98 valence electrons. The molecule has 1 aromatic carbocycles. The second-order valence-electron chi connectivity index (χ2n) is 4.11. The first-order valence-electron chi connectivity index (χ1n) is 5.60. The average Bonchev–Trinajstić information content (AvgIpc) is 2.79. The minimum absolute atomic E-state index is 0.167. The molecule has 1 aromatic rings. The Morgan fingerprint density at radius 1 is 1.39 bits per heavy atom. The minimum Gasteiger partial charge on any atom is -0.392 e. The second-order valence-corrected chi connectivity index (χ2v) is 4.90. The third-order valence-electron chi connectivity index (χ3n) is 2.90. The fourth-order valence-corrected chi connectivity index (χ4v) is 2.20. The maximum Gasteiger partial charge on any atom is 0.190 e. The van der Waals surface area contributed by atoms with Gasteiger partial charge in [-0.25, -0.2) is 0 Å². The standard InChI is InChI=1S/C13H14Cl2O3/c1-13(17-5-6-18-13)10(8-16)7-9-3-2-4-11(14)12(9)15/h2-4,7,16H,5-6,8H2,1H3/b10-7+. The summed E-state index contributed by atoms with van der Waals surface area (Å²) in [6, 6.07) is 5.33. The van der Waals surface area contributed by atoms with E-state index in [9.17, 15) is 5.11 Å². The van der Waals surface area contributed by atoms with Crippen LogP contribution >= 0.6 is 23.2 Å². The number of halogens is 2. The third-order valence-corrected chi connectivity index (χ3v) is 3.74. The van der Waals surface area contributed by atoms with Gasteiger partial charge in [-0.2, -0.15) is 0 Å². The lowest BCUT2D eigenvalue weighted by Crippen LogP contribution is -2.30. The molecule has 1 aliphatic heterocycles. The Morgan fingerprint density at radius 3 is 2.67 bits per heavy atom. The summed E-state index contributed by atoms with van der Waals surface area (Å²) >= 11 is 12.1. The van der Waals surface area contributed by atoms with Crippen LogP contribution in [0.15, 0.2) is 23.8 Å². The van der Waals surface area contributed by atoms with Crippen molar-refractivity contribution in [3.63, 3.8) is 0 Å². The summed E-state index contributed by atoms with van der Waals surface area (Å²) in [6.07, 6.45) is 1.75. The zero-order valence-electron chi connectivity index (χ0n) is 9.95. The van der Waals surface area contributed by atoms with Crippen LogP contribution in [-0.2, 0) is 9.47 Å². The molecule has 0 aromatic heterocycles. The highest BCUT2D eigenvalue weighted by Gasteiger charge is 2.34. The first kappa shape index (κ1) is 13.8. The van der Waals surface area contributed by atoms with Crippen LogP contribution in [0.1, 0.15) is 12.5 Å². The summed E-state index contributed by atoms with van der Waals surface area (Å²) in [6.45, 7) is 2.63. The first-order valence-corrected chi connectivity index (χ1v) is 6.36. The van der Waals surface area contributed by atoms with E-state index in [0.717, 1.165) is 5.56 Å². The van der Waals surface area contributed by atoms with Gasteiger partial charge in [-0.1, -0.05) is 35.3 Å². The molecule has 3 nitrogen and oxygen atoms in total. The molecule has 0 amide bonds. The summed E-state index contributed by atoms with van der Waals surface area (Å²) in [4.78, 5) is 0. The number of aliphatic hydroxyl groups is 1. The molecular formula is C13H14Cl2O3. The Balaban J connectivity index is 2.37. The summed E-state index contributed by atoms with van der Waals surface area (Å²) in [7, 11) is 0. The molecule has 0 unspecified atom stereocenters. The molecule has 0 aliphatic carbocycles. The van der Waals surface area contributed by atoms with Crippen LogP contribution in [-0.4, -0.2) is 30.7 Å². The van der Waals surface area contributed by atoms with Crippen LogP contribution < -0.4 is 0 Å². The van der Waals surface area contributed by atoms with E-state index in [2.05, 4.69) is 0 Å². The Hall–Kier alpha value is -0.580. The smallest absolute Gasteiger partial charge is 0.190 e. The molecule has 0 spiro atoms. The fraction of sp³-hybridized carbons (Fsp3) is 0.385. The van der Waals surface area contributed by atoms with E-state index >= 15 is 0 Å². The lowest BCUT2D eigenvalue weighted by Gasteiger charge is -2.24. The quantitative estimate of drug-likeness (QED) is 0.929. The second kappa shape index (κ2) is 5.59. The van der Waals surface area contributed by atoms with Gasteiger partial charge in [-0.05, 0) is 24.6 Å². The van der Waals surface area contributed by atoms with E-state index in [1.54, 1.807) is 25.1 Å². The van der Waals surface area contributed by atoms with Gasteiger partial charge in [-0.3, -0.25) is 0 Å². The van der Waals surface area contributed by atoms with Crippen LogP contribution in [0.3, 0.4) is 0 Å². The number of aliphatic hydroxyl groups excluding tert-OH is 1. The van der Waals surface area contributed by atoms with Crippen molar-refractivity contribution >= 4 is 29.3 Å². The van der Waals surface area contributed by atoms with Crippen molar-refractivity contribution in [3.8, 4) is 0 Å². The molecule has 1 fully saturated rings. The molecule has 0 bridgehead atoms. The minimum atomic E-state index is -0.888. The van der Waals surface area contributed by atoms with Gasteiger partial charge in [0.15, 0.2) is 5.79 Å². The monoisotopic (exact) mass is 288 g/mol. The molecule has 2 rings (SSSR count). The molecule has 0 radical (unpaired) electrons. The van der Waals surface area contributed by atoms with Crippen molar-refractivity contribution in [3.05, 3.63) is 39.4 Å². The number of benzene rings is 1.